The molecule has 0 aliphatic heterocycles. The van der Waals surface area contributed by atoms with E-state index in [-0.39, 0.29) is 58.9 Å². The first-order valence-corrected chi connectivity index (χ1v) is 7.14. The van der Waals surface area contributed by atoms with E-state index in [1.54, 1.807) is 0 Å². The van der Waals surface area contributed by atoms with E-state index in [1.165, 1.54) is 27.8 Å². The van der Waals surface area contributed by atoms with Gasteiger partial charge in [-0.25, -0.2) is 5.57 Å². The maximum atomic E-state index is 3.48. The van der Waals surface area contributed by atoms with Crippen LogP contribution in [-0.2, 0) is 21.7 Å². The molecule has 0 aromatic heterocycles. The normalized spacial score (nSPS) is 12.4. The molecule has 2 aromatic rings. The third-order valence-electron chi connectivity index (χ3n) is 4.20. The third kappa shape index (κ3) is 5.51. The van der Waals surface area contributed by atoms with Crippen molar-refractivity contribution in [2.75, 3.05) is 0 Å². The molecule has 0 nitrogen and oxygen atoms in total. The fourth-order valence-corrected chi connectivity index (χ4v) is 2.94. The van der Waals surface area contributed by atoms with Crippen LogP contribution in [0.2, 0.25) is 0 Å². The minimum atomic E-state index is 0. The summed E-state index contributed by atoms with van der Waals surface area (Å²) in [6.45, 7) is 4.39. The van der Waals surface area contributed by atoms with E-state index in [1.807, 2.05) is 0 Å². The number of hydrogen-bond acceptors (Lipinski definition) is 0. The number of benzene rings is 2. The van der Waals surface area contributed by atoms with Crippen LogP contribution >= 0.6 is 0 Å². The largest absolute Gasteiger partial charge is 4.00 e. The second kappa shape index (κ2) is 12.0. The molecular weight excluding hydrogens is 394 g/mol. The van der Waals surface area contributed by atoms with E-state index in [0.29, 0.717) is 5.92 Å². The average Bonchev–Trinajstić information content (AvgIpc) is 2.82. The topological polar surface area (TPSA) is 0 Å². The zero-order valence-corrected chi connectivity index (χ0v) is 17.5. The Labute approximate surface area is 178 Å². The van der Waals surface area contributed by atoms with E-state index >= 15 is 0 Å². The molecule has 4 heteroatoms. The molecule has 0 saturated heterocycles. The smallest absolute Gasteiger partial charge is 1.00 e. The van der Waals surface area contributed by atoms with Gasteiger partial charge in [0, 0.05) is 5.92 Å². The van der Waals surface area contributed by atoms with Gasteiger partial charge < -0.3 is 37.2 Å². The number of halogens is 3. The molecule has 124 valence electrons. The molecule has 0 spiro atoms. The summed E-state index contributed by atoms with van der Waals surface area (Å²) in [5.41, 5.74) is 6.92. The minimum Gasteiger partial charge on any atom is -1.00 e. The first kappa shape index (κ1) is 25.7. The fourth-order valence-electron chi connectivity index (χ4n) is 2.94. The molecule has 0 amide bonds. The van der Waals surface area contributed by atoms with Gasteiger partial charge in [0.2, 0.25) is 0 Å². The molecule has 3 rings (SSSR count). The standard InChI is InChI=1S/C20H19.3ClH.Ti/c1-15-13-14-19(16(15)2)20(17-9-5-3-6-10-17)18-11-7-4-8-12-18;;;;/h3-12,20H,14H2,1-2H3;3*1H;/q-1;;;;+4/p-3. The third-order valence-corrected chi connectivity index (χ3v) is 4.20. The molecule has 0 N–H and O–H groups in total. The van der Waals surface area contributed by atoms with Gasteiger partial charge in [-0.1, -0.05) is 67.6 Å². The molecule has 24 heavy (non-hydrogen) atoms. The number of hydrogen-bond donors (Lipinski definition) is 0. The van der Waals surface area contributed by atoms with E-state index in [4.69, 9.17) is 0 Å². The van der Waals surface area contributed by atoms with Crippen molar-refractivity contribution in [2.45, 2.75) is 26.2 Å². The SMILES string of the molecule is CC1=[C-]CC(C(c2ccccc2)c2ccccc2)=C1C.[Cl-].[Cl-].[Cl-].[Ti+4]. The molecule has 0 heterocycles. The Bertz CT molecular complexity index is 624. The first-order chi connectivity index (χ1) is 9.77. The Morgan fingerprint density at radius 1 is 0.750 bits per heavy atom. The van der Waals surface area contributed by atoms with Crippen molar-refractivity contribution in [3.8, 4) is 0 Å². The Kier molecular flexibility index (Phi) is 12.8. The van der Waals surface area contributed by atoms with Gasteiger partial charge >= 0.3 is 21.7 Å². The van der Waals surface area contributed by atoms with Crippen LogP contribution in [0.5, 0.6) is 0 Å². The van der Waals surface area contributed by atoms with Crippen LogP contribution in [0.4, 0.5) is 0 Å². The molecule has 0 saturated carbocycles. The van der Waals surface area contributed by atoms with Crippen LogP contribution in [0.1, 0.15) is 37.3 Å². The molecule has 0 unspecified atom stereocenters. The predicted molar refractivity (Wildman–Crippen MR) is 84.5 cm³/mol. The van der Waals surface area contributed by atoms with E-state index in [0.717, 1.165) is 6.42 Å². The van der Waals surface area contributed by atoms with Crippen LogP contribution in [-0.4, -0.2) is 0 Å². The van der Waals surface area contributed by atoms with E-state index < -0.39 is 0 Å². The fraction of sp³-hybridized carbons (Fsp3) is 0.200. The van der Waals surface area contributed by atoms with Gasteiger partial charge in [-0.3, -0.25) is 6.08 Å². The monoisotopic (exact) mass is 412 g/mol. The molecule has 1 aliphatic carbocycles. The summed E-state index contributed by atoms with van der Waals surface area (Å²) in [5.74, 6) is 0.349. The van der Waals surface area contributed by atoms with Crippen molar-refractivity contribution < 1.29 is 58.9 Å². The van der Waals surface area contributed by atoms with Crippen molar-refractivity contribution in [3.63, 3.8) is 0 Å². The summed E-state index contributed by atoms with van der Waals surface area (Å²) < 4.78 is 0. The summed E-state index contributed by atoms with van der Waals surface area (Å²) in [4.78, 5) is 0. The van der Waals surface area contributed by atoms with Gasteiger partial charge in [-0.2, -0.15) is 11.1 Å². The summed E-state index contributed by atoms with van der Waals surface area (Å²) in [6, 6.07) is 21.6. The van der Waals surface area contributed by atoms with E-state index in [2.05, 4.69) is 80.6 Å². The second-order valence-corrected chi connectivity index (χ2v) is 5.38. The van der Waals surface area contributed by atoms with Gasteiger partial charge in [0.25, 0.3) is 0 Å². The van der Waals surface area contributed by atoms with Crippen LogP contribution in [0.25, 0.3) is 0 Å². The summed E-state index contributed by atoms with van der Waals surface area (Å²) in [6.07, 6.45) is 4.43. The van der Waals surface area contributed by atoms with Crippen LogP contribution < -0.4 is 37.2 Å². The minimum absolute atomic E-state index is 0. The summed E-state index contributed by atoms with van der Waals surface area (Å²) in [5, 5.41) is 0. The summed E-state index contributed by atoms with van der Waals surface area (Å²) in [7, 11) is 0. The van der Waals surface area contributed by atoms with Gasteiger partial charge in [-0.15, -0.1) is 13.3 Å². The Balaban J connectivity index is 0. The molecule has 0 atom stereocenters. The predicted octanol–water partition coefficient (Wildman–Crippen LogP) is -3.70. The van der Waals surface area contributed by atoms with Crippen molar-refractivity contribution in [1.29, 1.82) is 0 Å². The van der Waals surface area contributed by atoms with Crippen molar-refractivity contribution in [3.05, 3.63) is 94.6 Å². The maximum absolute atomic E-state index is 3.48. The van der Waals surface area contributed by atoms with Crippen molar-refractivity contribution in [1.82, 2.24) is 0 Å². The van der Waals surface area contributed by atoms with Crippen molar-refractivity contribution >= 4 is 0 Å². The molecule has 0 bridgehead atoms. The van der Waals surface area contributed by atoms with E-state index in [9.17, 15) is 0 Å². The number of rotatable bonds is 3. The van der Waals surface area contributed by atoms with Crippen LogP contribution in [0.15, 0.2) is 77.4 Å². The molecular formula is C20H19Cl3Ti. The number of allylic oxidation sites excluding steroid dienone is 4. The summed E-state index contributed by atoms with van der Waals surface area (Å²) >= 11 is 0. The van der Waals surface area contributed by atoms with Gasteiger partial charge in [0.15, 0.2) is 0 Å². The molecule has 2 aromatic carbocycles. The zero-order chi connectivity index (χ0) is 13.9. The Hall–Kier alpha value is -0.496. The Morgan fingerprint density at radius 3 is 1.50 bits per heavy atom. The van der Waals surface area contributed by atoms with Crippen molar-refractivity contribution in [2.24, 2.45) is 0 Å². The van der Waals surface area contributed by atoms with Gasteiger partial charge in [-0.05, 0) is 11.1 Å². The van der Waals surface area contributed by atoms with Crippen LogP contribution in [0, 0.1) is 6.08 Å². The average molecular weight is 414 g/mol. The van der Waals surface area contributed by atoms with Crippen LogP contribution in [0.3, 0.4) is 0 Å². The van der Waals surface area contributed by atoms with Gasteiger partial charge in [0.05, 0.1) is 0 Å². The quantitative estimate of drug-likeness (QED) is 0.359. The van der Waals surface area contributed by atoms with Gasteiger partial charge in [0.1, 0.15) is 0 Å². The first-order valence-electron chi connectivity index (χ1n) is 7.14. The second-order valence-electron chi connectivity index (χ2n) is 5.38. The zero-order valence-electron chi connectivity index (χ0n) is 13.7. The molecule has 0 radical (unpaired) electrons. The molecule has 1 aliphatic rings. The molecule has 0 fully saturated rings. The maximum Gasteiger partial charge on any atom is 4.00 e. The Morgan fingerprint density at radius 2 is 1.17 bits per heavy atom.